The van der Waals surface area contributed by atoms with Crippen LogP contribution in [0.25, 0.3) is 10.9 Å². The summed E-state index contributed by atoms with van der Waals surface area (Å²) >= 11 is -1.10. The van der Waals surface area contributed by atoms with Gasteiger partial charge in [-0.1, -0.05) is 29.8 Å². The fraction of sp³-hybridized carbons (Fsp3) is 0.348. The second-order valence-electron chi connectivity index (χ2n) is 8.43. The predicted molar refractivity (Wildman–Crippen MR) is 125 cm³/mol. The maximum absolute atomic E-state index is 14.6. The number of aryl methyl sites for hydroxylation is 1. The number of carbonyl (C=O) groups is 1. The number of hydrogen-bond acceptors (Lipinski definition) is 6. The highest BCUT2D eigenvalue weighted by atomic mass is 32.2. The lowest BCUT2D eigenvalue weighted by Crippen LogP contribution is -2.32. The van der Waals surface area contributed by atoms with Crippen molar-refractivity contribution in [2.24, 2.45) is 0 Å². The van der Waals surface area contributed by atoms with Gasteiger partial charge in [-0.2, -0.15) is 4.98 Å². The van der Waals surface area contributed by atoms with Gasteiger partial charge in [0.2, 0.25) is 5.95 Å². The van der Waals surface area contributed by atoms with Crippen LogP contribution in [0.5, 0.6) is 0 Å². The summed E-state index contributed by atoms with van der Waals surface area (Å²) in [5.41, 5.74) is 2.68. The van der Waals surface area contributed by atoms with E-state index in [9.17, 15) is 18.8 Å². The van der Waals surface area contributed by atoms with Crippen molar-refractivity contribution < 1.29 is 18.8 Å². The number of halogens is 1. The molecule has 5 rings (SSSR count). The van der Waals surface area contributed by atoms with Crippen molar-refractivity contribution in [1.82, 2.24) is 14.9 Å². The lowest BCUT2D eigenvalue weighted by molar-refractivity contribution is 0.152. The Kier molecular flexibility index (Phi) is 5.71. The van der Waals surface area contributed by atoms with Crippen molar-refractivity contribution in [3.05, 3.63) is 53.6 Å². The first-order valence-electron chi connectivity index (χ1n) is 10.8. The van der Waals surface area contributed by atoms with E-state index in [1.807, 2.05) is 54.3 Å². The molecule has 10 heteroatoms. The Hall–Kier alpha value is -3.11. The number of likely N-dealkylation sites (tertiary alicyclic amines) is 1. The van der Waals surface area contributed by atoms with Gasteiger partial charge in [-0.15, -0.1) is 0 Å². The summed E-state index contributed by atoms with van der Waals surface area (Å²) in [5.74, 6) is 1.39. The van der Waals surface area contributed by atoms with E-state index < -0.39 is 29.5 Å². The first kappa shape index (κ1) is 21.7. The van der Waals surface area contributed by atoms with Crippen molar-refractivity contribution in [3.8, 4) is 0 Å². The van der Waals surface area contributed by atoms with Crippen LogP contribution in [0.4, 0.5) is 21.0 Å². The summed E-state index contributed by atoms with van der Waals surface area (Å²) in [6, 6.07) is 12.7. The fourth-order valence-corrected chi connectivity index (χ4v) is 5.59. The molecule has 0 bridgehead atoms. The van der Waals surface area contributed by atoms with E-state index in [1.54, 1.807) is 0 Å². The molecule has 33 heavy (non-hydrogen) atoms. The van der Waals surface area contributed by atoms with Crippen LogP contribution in [-0.2, 0) is 17.7 Å². The van der Waals surface area contributed by atoms with E-state index in [-0.39, 0.29) is 13.1 Å². The molecule has 1 fully saturated rings. The van der Waals surface area contributed by atoms with E-state index in [2.05, 4.69) is 5.32 Å². The molecule has 0 spiro atoms. The van der Waals surface area contributed by atoms with Crippen molar-refractivity contribution >= 4 is 39.9 Å². The normalized spacial score (nSPS) is 22.8. The number of fused-ring (bicyclic) bond motifs is 2. The van der Waals surface area contributed by atoms with Crippen molar-refractivity contribution in [2.45, 2.75) is 30.6 Å². The standard InChI is InChI=1S/C23H24FN5O3S/c1-14-6-7-18-16(10-14)21(25-19-13-29(23(30)31)12-17(19)24)27-22(26-18)28-8-9-33(32)20-5-3-2-4-15(20)11-28/h2-7,10,17,19H,8-9,11-13H2,1H3,(H,30,31)(H,25,26,27)/t17-,19-,33?/m0/s1. The van der Waals surface area contributed by atoms with Gasteiger partial charge in [-0.3, -0.25) is 0 Å². The molecule has 172 valence electrons. The smallest absolute Gasteiger partial charge is 0.407 e. The number of alkyl halides is 1. The summed E-state index contributed by atoms with van der Waals surface area (Å²) in [4.78, 5) is 24.7. The maximum atomic E-state index is 14.6. The zero-order chi connectivity index (χ0) is 23.1. The highest BCUT2D eigenvalue weighted by molar-refractivity contribution is 7.91. The van der Waals surface area contributed by atoms with Gasteiger partial charge in [0.15, 0.2) is 4.90 Å². The summed E-state index contributed by atoms with van der Waals surface area (Å²) in [7, 11) is 0. The third-order valence-corrected chi connectivity index (χ3v) is 7.53. The summed E-state index contributed by atoms with van der Waals surface area (Å²) in [6.45, 7) is 2.86. The van der Waals surface area contributed by atoms with E-state index in [0.717, 1.165) is 26.3 Å². The lowest BCUT2D eigenvalue weighted by Gasteiger charge is -2.23. The SMILES string of the molecule is Cc1ccc2nc(N3CC[S+]([O-])c4ccccc4C3)nc(N[C@H]3CN(C(=O)O)C[C@@H]3F)c2c1. The molecule has 2 aromatic carbocycles. The number of anilines is 2. The van der Waals surface area contributed by atoms with Crippen LogP contribution >= 0.6 is 0 Å². The molecule has 1 aromatic heterocycles. The van der Waals surface area contributed by atoms with Crippen LogP contribution < -0.4 is 10.2 Å². The largest absolute Gasteiger partial charge is 0.611 e. The minimum Gasteiger partial charge on any atom is -0.611 e. The number of rotatable bonds is 3. The second-order valence-corrected chi connectivity index (χ2v) is 9.97. The molecular formula is C23H24FN5O3S. The molecular weight excluding hydrogens is 445 g/mol. The number of benzene rings is 2. The van der Waals surface area contributed by atoms with Gasteiger partial charge in [0.05, 0.1) is 31.2 Å². The van der Waals surface area contributed by atoms with Crippen LogP contribution in [0.15, 0.2) is 47.4 Å². The van der Waals surface area contributed by atoms with Gasteiger partial charge in [0.25, 0.3) is 0 Å². The second kappa shape index (κ2) is 8.68. The van der Waals surface area contributed by atoms with Crippen molar-refractivity contribution in [3.63, 3.8) is 0 Å². The van der Waals surface area contributed by atoms with Crippen LogP contribution in [-0.4, -0.2) is 68.2 Å². The lowest BCUT2D eigenvalue weighted by atomic mass is 10.1. The summed E-state index contributed by atoms with van der Waals surface area (Å²) in [5, 5.41) is 13.1. The molecule has 2 N–H and O–H groups in total. The van der Waals surface area contributed by atoms with Crippen molar-refractivity contribution in [1.29, 1.82) is 0 Å². The van der Waals surface area contributed by atoms with Gasteiger partial charge in [-0.25, -0.2) is 14.2 Å². The monoisotopic (exact) mass is 469 g/mol. The van der Waals surface area contributed by atoms with E-state index in [1.165, 1.54) is 0 Å². The molecule has 1 amide bonds. The molecule has 0 aliphatic carbocycles. The Bertz CT molecular complexity index is 1210. The zero-order valence-corrected chi connectivity index (χ0v) is 18.9. The number of amides is 1. The Morgan fingerprint density at radius 1 is 1.24 bits per heavy atom. The Balaban J connectivity index is 1.52. The van der Waals surface area contributed by atoms with E-state index in [4.69, 9.17) is 9.97 Å². The molecule has 8 nitrogen and oxygen atoms in total. The first-order valence-corrected chi connectivity index (χ1v) is 12.1. The average Bonchev–Trinajstić information content (AvgIpc) is 3.08. The minimum atomic E-state index is -1.34. The molecule has 2 aliphatic heterocycles. The van der Waals surface area contributed by atoms with Crippen LogP contribution in [0.2, 0.25) is 0 Å². The number of aromatic nitrogens is 2. The van der Waals surface area contributed by atoms with Gasteiger partial charge in [0.1, 0.15) is 17.7 Å². The number of hydrogen-bond donors (Lipinski definition) is 2. The van der Waals surface area contributed by atoms with E-state index in [0.29, 0.717) is 36.1 Å². The Morgan fingerprint density at radius 2 is 2.06 bits per heavy atom. The summed E-state index contributed by atoms with van der Waals surface area (Å²) < 4.78 is 27.3. The van der Waals surface area contributed by atoms with Gasteiger partial charge in [-0.05, 0) is 36.3 Å². The number of nitrogens with zero attached hydrogens (tertiary/aromatic N) is 4. The van der Waals surface area contributed by atoms with E-state index >= 15 is 0 Å². The zero-order valence-electron chi connectivity index (χ0n) is 18.1. The highest BCUT2D eigenvalue weighted by Crippen LogP contribution is 2.30. The van der Waals surface area contributed by atoms with Crippen LogP contribution in [0, 0.1) is 6.92 Å². The first-order chi connectivity index (χ1) is 15.9. The number of nitrogens with one attached hydrogen (secondary N) is 1. The molecule has 3 heterocycles. The minimum absolute atomic E-state index is 0.0409. The van der Waals surface area contributed by atoms with Crippen molar-refractivity contribution in [2.75, 3.05) is 35.6 Å². The van der Waals surface area contributed by atoms with Crippen LogP contribution in [0.1, 0.15) is 11.1 Å². The summed E-state index contributed by atoms with van der Waals surface area (Å²) in [6.07, 6.45) is -2.48. The molecule has 3 aromatic rings. The van der Waals surface area contributed by atoms with Gasteiger partial charge in [0, 0.05) is 17.5 Å². The topological polar surface area (TPSA) is 105 Å². The molecule has 3 atom stereocenters. The van der Waals surface area contributed by atoms with Crippen LogP contribution in [0.3, 0.4) is 0 Å². The molecule has 1 saturated heterocycles. The third kappa shape index (κ3) is 4.28. The molecule has 2 aliphatic rings. The fourth-order valence-electron chi connectivity index (χ4n) is 4.33. The molecule has 0 radical (unpaired) electrons. The van der Waals surface area contributed by atoms with Gasteiger partial charge < -0.3 is 24.8 Å². The quantitative estimate of drug-likeness (QED) is 0.568. The molecule has 0 saturated carbocycles. The maximum Gasteiger partial charge on any atom is 0.407 e. The molecule has 1 unspecified atom stereocenters. The number of carboxylic acid groups (broad SMARTS) is 1. The Morgan fingerprint density at radius 3 is 2.85 bits per heavy atom. The third-order valence-electron chi connectivity index (χ3n) is 6.09. The highest BCUT2D eigenvalue weighted by Gasteiger charge is 2.36. The predicted octanol–water partition coefficient (Wildman–Crippen LogP) is 3.18. The Labute approximate surface area is 193 Å². The van der Waals surface area contributed by atoms with Gasteiger partial charge >= 0.3 is 6.09 Å². The average molecular weight is 470 g/mol.